The van der Waals surface area contributed by atoms with E-state index in [1.807, 2.05) is 24.4 Å². The number of aliphatic hydroxyl groups is 4. The van der Waals surface area contributed by atoms with Gasteiger partial charge in [-0.3, -0.25) is 0 Å². The Kier molecular flexibility index (Phi) is 5.72. The average Bonchev–Trinajstić information content (AvgIpc) is 3.16. The van der Waals surface area contributed by atoms with Gasteiger partial charge in [0.05, 0.1) is 6.61 Å². The van der Waals surface area contributed by atoms with Gasteiger partial charge in [0.1, 0.15) is 30.5 Å². The van der Waals surface area contributed by atoms with Crippen molar-refractivity contribution < 1.29 is 25.2 Å². The molecule has 154 valence electrons. The number of nitrogens with one attached hydrogen (secondary N) is 1. The lowest BCUT2D eigenvalue weighted by atomic mass is 9.88. The zero-order valence-corrected chi connectivity index (χ0v) is 16.3. The van der Waals surface area contributed by atoms with Gasteiger partial charge in [-0.05, 0) is 41.2 Å². The molecule has 1 unspecified atom stereocenters. The van der Waals surface area contributed by atoms with Crippen LogP contribution in [0.3, 0.4) is 0 Å². The van der Waals surface area contributed by atoms with Gasteiger partial charge >= 0.3 is 0 Å². The van der Waals surface area contributed by atoms with Crippen LogP contribution >= 0.6 is 0 Å². The number of benzene rings is 2. The highest BCUT2D eigenvalue weighted by Crippen LogP contribution is 2.37. The first-order valence-corrected chi connectivity index (χ1v) is 10.0. The second-order valence-electron chi connectivity index (χ2n) is 7.68. The molecule has 1 fully saturated rings. The molecule has 0 aliphatic carbocycles. The van der Waals surface area contributed by atoms with Crippen molar-refractivity contribution >= 4 is 10.9 Å². The Labute approximate surface area is 169 Å². The standard InChI is InChI=1S/C23H27NO5/c1-2-13-6-8-14(9-7-13)10-15-11-24-17-5-3-4-16(19(15)17)23-22(28)21(27)20(26)18(12-25)29-23/h3-9,11,18,20-28H,2,10,12H2,1H3/t18-,20-,21+,22-,23?/m1/s1. The summed E-state index contributed by atoms with van der Waals surface area (Å²) >= 11 is 0. The number of H-pyrrole nitrogens is 1. The Morgan fingerprint density at radius 1 is 0.931 bits per heavy atom. The smallest absolute Gasteiger partial charge is 0.113 e. The molecular weight excluding hydrogens is 370 g/mol. The summed E-state index contributed by atoms with van der Waals surface area (Å²) in [6.07, 6.45) is -2.20. The third-order valence-electron chi connectivity index (χ3n) is 5.84. The third kappa shape index (κ3) is 3.70. The number of rotatable bonds is 5. The van der Waals surface area contributed by atoms with Gasteiger partial charge in [0.15, 0.2) is 0 Å². The number of aromatic amines is 1. The van der Waals surface area contributed by atoms with Gasteiger partial charge in [0.25, 0.3) is 0 Å². The summed E-state index contributed by atoms with van der Waals surface area (Å²) in [4.78, 5) is 3.27. The van der Waals surface area contributed by atoms with Gasteiger partial charge in [-0.15, -0.1) is 0 Å². The van der Waals surface area contributed by atoms with Crippen LogP contribution in [0.25, 0.3) is 10.9 Å². The van der Waals surface area contributed by atoms with Crippen molar-refractivity contribution in [1.82, 2.24) is 4.98 Å². The zero-order valence-electron chi connectivity index (χ0n) is 16.3. The largest absolute Gasteiger partial charge is 0.394 e. The summed E-state index contributed by atoms with van der Waals surface area (Å²) in [6, 6.07) is 14.2. The van der Waals surface area contributed by atoms with E-state index in [2.05, 4.69) is 36.2 Å². The molecule has 4 rings (SSSR count). The molecule has 1 saturated heterocycles. The minimum absolute atomic E-state index is 0.443. The monoisotopic (exact) mass is 397 g/mol. The summed E-state index contributed by atoms with van der Waals surface area (Å²) in [6.45, 7) is 1.68. The van der Waals surface area contributed by atoms with Gasteiger partial charge in [-0.2, -0.15) is 0 Å². The molecule has 29 heavy (non-hydrogen) atoms. The highest BCUT2D eigenvalue weighted by atomic mass is 16.5. The van der Waals surface area contributed by atoms with E-state index in [0.29, 0.717) is 6.42 Å². The molecule has 1 aliphatic rings. The van der Waals surface area contributed by atoms with Crippen molar-refractivity contribution in [1.29, 1.82) is 0 Å². The lowest BCUT2D eigenvalue weighted by Gasteiger charge is -2.40. The fourth-order valence-corrected chi connectivity index (χ4v) is 4.13. The zero-order chi connectivity index (χ0) is 20.5. The van der Waals surface area contributed by atoms with E-state index in [1.54, 1.807) is 0 Å². The number of hydrogen-bond acceptors (Lipinski definition) is 5. The molecule has 6 nitrogen and oxygen atoms in total. The van der Waals surface area contributed by atoms with Crippen molar-refractivity contribution in [3.8, 4) is 0 Å². The van der Waals surface area contributed by atoms with Crippen LogP contribution in [-0.4, -0.2) is 56.4 Å². The summed E-state index contributed by atoms with van der Waals surface area (Å²) in [5.74, 6) is 0. The van der Waals surface area contributed by atoms with E-state index in [-0.39, 0.29) is 0 Å². The predicted molar refractivity (Wildman–Crippen MR) is 110 cm³/mol. The Morgan fingerprint density at radius 3 is 2.34 bits per heavy atom. The molecule has 5 N–H and O–H groups in total. The third-order valence-corrected chi connectivity index (χ3v) is 5.84. The quantitative estimate of drug-likeness (QED) is 0.452. The summed E-state index contributed by atoms with van der Waals surface area (Å²) in [5.41, 5.74) is 5.14. The second kappa shape index (κ2) is 8.26. The van der Waals surface area contributed by atoms with Gasteiger partial charge in [0.2, 0.25) is 0 Å². The van der Waals surface area contributed by atoms with E-state index in [1.165, 1.54) is 11.1 Å². The van der Waals surface area contributed by atoms with Gasteiger partial charge in [0, 0.05) is 17.1 Å². The summed E-state index contributed by atoms with van der Waals surface area (Å²) < 4.78 is 5.81. The van der Waals surface area contributed by atoms with Crippen LogP contribution in [0.4, 0.5) is 0 Å². The Balaban J connectivity index is 1.72. The van der Waals surface area contributed by atoms with E-state index in [0.717, 1.165) is 28.5 Å². The van der Waals surface area contributed by atoms with E-state index >= 15 is 0 Å². The number of ether oxygens (including phenoxy) is 1. The second-order valence-corrected chi connectivity index (χ2v) is 7.68. The molecule has 5 atom stereocenters. The maximum atomic E-state index is 10.6. The topological polar surface area (TPSA) is 106 Å². The van der Waals surface area contributed by atoms with Crippen molar-refractivity contribution in [3.05, 3.63) is 70.9 Å². The molecule has 6 heteroatoms. The molecule has 1 aliphatic heterocycles. The highest BCUT2D eigenvalue weighted by Gasteiger charge is 2.44. The van der Waals surface area contributed by atoms with Crippen LogP contribution < -0.4 is 0 Å². The van der Waals surface area contributed by atoms with Crippen LogP contribution in [0, 0.1) is 0 Å². The van der Waals surface area contributed by atoms with E-state index in [4.69, 9.17) is 4.74 Å². The first-order valence-electron chi connectivity index (χ1n) is 10.0. The molecule has 0 amide bonds. The molecule has 3 aromatic rings. The minimum atomic E-state index is -1.40. The van der Waals surface area contributed by atoms with Gasteiger partial charge < -0.3 is 30.1 Å². The number of hydrogen-bond donors (Lipinski definition) is 5. The SMILES string of the molecule is CCc1ccc(Cc2c[nH]c3cccc(C4O[C@H](CO)[C@@H](O)[C@H](O)[C@H]4O)c23)cc1. The fourth-order valence-electron chi connectivity index (χ4n) is 4.13. The number of fused-ring (bicyclic) bond motifs is 1. The van der Waals surface area contributed by atoms with Crippen LogP contribution in [-0.2, 0) is 17.6 Å². The Bertz CT molecular complexity index is 965. The maximum absolute atomic E-state index is 10.6. The maximum Gasteiger partial charge on any atom is 0.113 e. The molecule has 2 heterocycles. The fraction of sp³-hybridized carbons (Fsp3) is 0.391. The highest BCUT2D eigenvalue weighted by molar-refractivity contribution is 5.87. The van der Waals surface area contributed by atoms with Crippen LogP contribution in [0.2, 0.25) is 0 Å². The number of aromatic nitrogens is 1. The number of aliphatic hydroxyl groups excluding tert-OH is 4. The van der Waals surface area contributed by atoms with Crippen LogP contribution in [0.5, 0.6) is 0 Å². The van der Waals surface area contributed by atoms with Crippen LogP contribution in [0.1, 0.15) is 35.3 Å². The van der Waals surface area contributed by atoms with Crippen molar-refractivity contribution in [2.75, 3.05) is 6.61 Å². The Hall–Kier alpha value is -2.22. The molecule has 0 bridgehead atoms. The molecule has 2 aromatic carbocycles. The van der Waals surface area contributed by atoms with E-state index in [9.17, 15) is 20.4 Å². The molecule has 0 radical (unpaired) electrons. The summed E-state index contributed by atoms with van der Waals surface area (Å²) in [7, 11) is 0. The van der Waals surface area contributed by atoms with Crippen LogP contribution in [0.15, 0.2) is 48.7 Å². The van der Waals surface area contributed by atoms with Gasteiger partial charge in [-0.1, -0.05) is 43.3 Å². The molecule has 1 aromatic heterocycles. The van der Waals surface area contributed by atoms with Crippen molar-refractivity contribution in [3.63, 3.8) is 0 Å². The van der Waals surface area contributed by atoms with Gasteiger partial charge in [-0.25, -0.2) is 0 Å². The average molecular weight is 397 g/mol. The lowest BCUT2D eigenvalue weighted by Crippen LogP contribution is -2.55. The first kappa shape index (κ1) is 20.1. The normalized spacial score (nSPS) is 27.4. The molecular formula is C23H27NO5. The predicted octanol–water partition coefficient (Wildman–Crippen LogP) is 1.84. The van der Waals surface area contributed by atoms with Crippen molar-refractivity contribution in [2.24, 2.45) is 0 Å². The van der Waals surface area contributed by atoms with Crippen molar-refractivity contribution in [2.45, 2.75) is 50.3 Å². The Morgan fingerprint density at radius 2 is 1.66 bits per heavy atom. The molecule has 0 saturated carbocycles. The number of aryl methyl sites for hydroxylation is 1. The van der Waals surface area contributed by atoms with E-state index < -0.39 is 37.1 Å². The minimum Gasteiger partial charge on any atom is -0.394 e. The summed E-state index contributed by atoms with van der Waals surface area (Å²) in [5, 5.41) is 41.3. The molecule has 0 spiro atoms. The first-order chi connectivity index (χ1) is 14.0. The lowest BCUT2D eigenvalue weighted by molar-refractivity contribution is -0.231.